The molecular formula is C37H62N6O7S. The van der Waals surface area contributed by atoms with Gasteiger partial charge >= 0.3 is 0 Å². The van der Waals surface area contributed by atoms with E-state index in [4.69, 9.17) is 10.5 Å². The standard InChI is InChI=1S/C37H62N6O7S/c1-22(2)29(42(12)36(47)32(37(7,8)9)39-34(45)30(23(3)4)41(10)11)21-24(5)35(46)43-20-14-15-28(43)31(50-13)25(6)33(44)40-51(48,49)27-18-16-26(38)17-19-27/h16-19,21-23,25,28-32H,14-15,20,38H2,1-13H3,(H,39,45)(H,40,44)/b24-21+/t25?,28-,29?,30?,31?,32?/m0/s1. The summed E-state index contributed by atoms with van der Waals surface area (Å²) in [4.78, 5) is 59.8. The Morgan fingerprint density at radius 1 is 0.980 bits per heavy atom. The summed E-state index contributed by atoms with van der Waals surface area (Å²) in [6.45, 7) is 17.3. The van der Waals surface area contributed by atoms with Crippen LogP contribution in [0.2, 0.25) is 0 Å². The van der Waals surface area contributed by atoms with Crippen molar-refractivity contribution >= 4 is 39.3 Å². The Hall–Kier alpha value is -3.49. The lowest BCUT2D eigenvalue weighted by atomic mass is 9.84. The zero-order valence-corrected chi connectivity index (χ0v) is 33.6. The van der Waals surface area contributed by atoms with E-state index >= 15 is 0 Å². The van der Waals surface area contributed by atoms with Crippen molar-refractivity contribution in [3.8, 4) is 0 Å². The summed E-state index contributed by atoms with van der Waals surface area (Å²) in [5.41, 5.74) is 5.89. The van der Waals surface area contributed by atoms with Gasteiger partial charge in [-0.05, 0) is 75.4 Å². The van der Waals surface area contributed by atoms with Crippen LogP contribution >= 0.6 is 0 Å². The van der Waals surface area contributed by atoms with Gasteiger partial charge in [-0.25, -0.2) is 13.1 Å². The molecule has 288 valence electrons. The van der Waals surface area contributed by atoms with E-state index in [1.807, 2.05) is 67.5 Å². The lowest BCUT2D eigenvalue weighted by Gasteiger charge is -2.39. The fourth-order valence-electron chi connectivity index (χ4n) is 6.83. The van der Waals surface area contributed by atoms with Gasteiger partial charge in [0.15, 0.2) is 0 Å². The molecule has 13 nitrogen and oxygen atoms in total. The number of nitrogens with zero attached hydrogens (tertiary/aromatic N) is 3. The molecule has 1 fully saturated rings. The third-order valence-corrected chi connectivity index (χ3v) is 11.0. The Labute approximate surface area is 305 Å². The molecule has 0 radical (unpaired) electrons. The number of carbonyl (C=O) groups is 4. The molecule has 4 amide bonds. The molecule has 6 atom stereocenters. The Morgan fingerprint density at radius 2 is 1.55 bits per heavy atom. The Morgan fingerprint density at radius 3 is 2.02 bits per heavy atom. The Kier molecular flexibility index (Phi) is 15.3. The third kappa shape index (κ3) is 11.0. The molecule has 51 heavy (non-hydrogen) atoms. The number of nitrogens with one attached hydrogen (secondary N) is 2. The molecule has 0 aromatic heterocycles. The summed E-state index contributed by atoms with van der Waals surface area (Å²) in [7, 11) is 2.65. The monoisotopic (exact) mass is 734 g/mol. The lowest BCUT2D eigenvalue weighted by Crippen LogP contribution is -2.59. The molecule has 1 saturated heterocycles. The summed E-state index contributed by atoms with van der Waals surface area (Å²) in [5, 5.41) is 3.03. The highest BCUT2D eigenvalue weighted by atomic mass is 32.2. The van der Waals surface area contributed by atoms with E-state index in [1.54, 1.807) is 36.8 Å². The number of nitrogen functional groups attached to an aromatic ring is 1. The van der Waals surface area contributed by atoms with Crippen LogP contribution in [0.5, 0.6) is 0 Å². The number of methoxy groups -OCH3 is 1. The zero-order valence-electron chi connectivity index (χ0n) is 32.8. The first kappa shape index (κ1) is 43.7. The highest BCUT2D eigenvalue weighted by Gasteiger charge is 2.42. The van der Waals surface area contributed by atoms with Gasteiger partial charge in [0.05, 0.1) is 35.0 Å². The topological polar surface area (TPSA) is 171 Å². The number of amides is 4. The van der Waals surface area contributed by atoms with Crippen molar-refractivity contribution in [3.63, 3.8) is 0 Å². The lowest BCUT2D eigenvalue weighted by molar-refractivity contribution is -0.141. The Balaban J connectivity index is 2.32. The van der Waals surface area contributed by atoms with E-state index < -0.39 is 57.5 Å². The van der Waals surface area contributed by atoms with Gasteiger partial charge in [-0.1, -0.05) is 61.5 Å². The van der Waals surface area contributed by atoms with E-state index in [0.29, 0.717) is 30.6 Å². The van der Waals surface area contributed by atoms with E-state index in [2.05, 4.69) is 10.0 Å². The van der Waals surface area contributed by atoms with E-state index in [-0.39, 0.29) is 34.5 Å². The van der Waals surface area contributed by atoms with E-state index in [0.717, 1.165) is 0 Å². The van der Waals surface area contributed by atoms with Crippen molar-refractivity contribution in [1.29, 1.82) is 0 Å². The van der Waals surface area contributed by atoms with Crippen LogP contribution in [0, 0.1) is 23.2 Å². The number of hydrogen-bond donors (Lipinski definition) is 3. The molecule has 4 N–H and O–H groups in total. The molecule has 1 aliphatic heterocycles. The summed E-state index contributed by atoms with van der Waals surface area (Å²) < 4.78 is 33.7. The van der Waals surface area contributed by atoms with Crippen molar-refractivity contribution in [2.24, 2.45) is 23.2 Å². The van der Waals surface area contributed by atoms with Crippen LogP contribution in [-0.4, -0.2) is 112 Å². The molecule has 1 heterocycles. The smallest absolute Gasteiger partial charge is 0.264 e. The second-order valence-corrected chi connectivity index (χ2v) is 17.4. The second kappa shape index (κ2) is 17.8. The van der Waals surface area contributed by atoms with Gasteiger partial charge in [0.25, 0.3) is 10.0 Å². The number of ether oxygens (including phenoxy) is 1. The first-order valence-corrected chi connectivity index (χ1v) is 19.1. The number of sulfonamides is 1. The van der Waals surface area contributed by atoms with Gasteiger partial charge in [0.1, 0.15) is 6.04 Å². The van der Waals surface area contributed by atoms with Gasteiger partial charge in [-0.3, -0.25) is 24.1 Å². The predicted octanol–water partition coefficient (Wildman–Crippen LogP) is 3.26. The quantitative estimate of drug-likeness (QED) is 0.181. The maximum atomic E-state index is 14.1. The van der Waals surface area contributed by atoms with Crippen molar-refractivity contribution in [3.05, 3.63) is 35.9 Å². The molecule has 0 aliphatic carbocycles. The summed E-state index contributed by atoms with van der Waals surface area (Å²) in [6.07, 6.45) is 2.23. The van der Waals surface area contributed by atoms with Crippen LogP contribution in [0.15, 0.2) is 40.8 Å². The van der Waals surface area contributed by atoms with Crippen LogP contribution in [-0.2, 0) is 33.9 Å². The maximum Gasteiger partial charge on any atom is 0.264 e. The van der Waals surface area contributed by atoms with Crippen LogP contribution in [0.1, 0.15) is 75.2 Å². The minimum atomic E-state index is -4.16. The van der Waals surface area contributed by atoms with E-state index in [9.17, 15) is 27.6 Å². The van der Waals surface area contributed by atoms with Crippen molar-refractivity contribution < 1.29 is 32.3 Å². The van der Waals surface area contributed by atoms with Crippen molar-refractivity contribution in [2.75, 3.05) is 40.5 Å². The number of benzene rings is 1. The van der Waals surface area contributed by atoms with Crippen LogP contribution in [0.3, 0.4) is 0 Å². The first-order chi connectivity index (χ1) is 23.5. The minimum Gasteiger partial charge on any atom is -0.399 e. The molecule has 14 heteroatoms. The molecule has 5 unspecified atom stereocenters. The summed E-state index contributed by atoms with van der Waals surface area (Å²) in [5.74, 6) is -2.47. The predicted molar refractivity (Wildman–Crippen MR) is 200 cm³/mol. The highest BCUT2D eigenvalue weighted by molar-refractivity contribution is 7.90. The van der Waals surface area contributed by atoms with Gasteiger partial charge < -0.3 is 25.6 Å². The number of hydrogen-bond acceptors (Lipinski definition) is 9. The van der Waals surface area contributed by atoms with Gasteiger partial charge in [-0.2, -0.15) is 0 Å². The number of anilines is 1. The van der Waals surface area contributed by atoms with Crippen LogP contribution in [0.25, 0.3) is 0 Å². The molecule has 1 aromatic carbocycles. The van der Waals surface area contributed by atoms with Gasteiger partial charge in [0.2, 0.25) is 23.6 Å². The maximum absolute atomic E-state index is 14.1. The minimum absolute atomic E-state index is 0.0283. The number of nitrogens with two attached hydrogens (primary N) is 1. The zero-order chi connectivity index (χ0) is 39.2. The fraction of sp³-hybridized carbons (Fsp3) is 0.676. The number of likely N-dealkylation sites (tertiary alicyclic amines) is 1. The van der Waals surface area contributed by atoms with Crippen LogP contribution < -0.4 is 15.8 Å². The Bertz CT molecular complexity index is 1510. The number of likely N-dealkylation sites (N-methyl/N-ethyl adjacent to an activating group) is 2. The summed E-state index contributed by atoms with van der Waals surface area (Å²) >= 11 is 0. The number of rotatable bonds is 15. The average molecular weight is 735 g/mol. The van der Waals surface area contributed by atoms with Gasteiger partial charge in [0, 0.05) is 32.0 Å². The number of carbonyl (C=O) groups excluding carboxylic acids is 4. The molecule has 0 spiro atoms. The SMILES string of the molecule is COC(C(C)C(=O)NS(=O)(=O)c1ccc(N)cc1)[C@@H]1CCCN1C(=O)/C(C)=C/C(C(C)C)N(C)C(=O)C(NC(=O)C(C(C)C)N(C)C)C(C)(C)C. The molecule has 1 aliphatic rings. The van der Waals surface area contributed by atoms with E-state index in [1.165, 1.54) is 31.4 Å². The molecular weight excluding hydrogens is 673 g/mol. The molecule has 2 rings (SSSR count). The average Bonchev–Trinajstić information content (AvgIpc) is 3.50. The molecule has 1 aromatic rings. The third-order valence-electron chi connectivity index (χ3n) is 9.64. The fourth-order valence-corrected chi connectivity index (χ4v) is 7.89. The molecule has 0 saturated carbocycles. The second-order valence-electron chi connectivity index (χ2n) is 15.7. The molecule has 0 bridgehead atoms. The normalized spacial score (nSPS) is 18.7. The van der Waals surface area contributed by atoms with Gasteiger partial charge in [-0.15, -0.1) is 0 Å². The summed E-state index contributed by atoms with van der Waals surface area (Å²) in [6, 6.07) is 3.31. The van der Waals surface area contributed by atoms with Crippen molar-refractivity contribution in [2.45, 2.75) is 110 Å². The largest absolute Gasteiger partial charge is 0.399 e. The van der Waals surface area contributed by atoms with Crippen LogP contribution in [0.4, 0.5) is 5.69 Å². The van der Waals surface area contributed by atoms with Crippen molar-refractivity contribution in [1.82, 2.24) is 24.7 Å². The highest BCUT2D eigenvalue weighted by Crippen LogP contribution is 2.29. The first-order valence-electron chi connectivity index (χ1n) is 17.6.